The lowest BCUT2D eigenvalue weighted by Crippen LogP contribution is -2.46. The van der Waals surface area contributed by atoms with E-state index in [-0.39, 0.29) is 0 Å². The van der Waals surface area contributed by atoms with E-state index >= 15 is 0 Å². The van der Waals surface area contributed by atoms with Crippen LogP contribution in [-0.2, 0) is 13.0 Å². The van der Waals surface area contributed by atoms with Gasteiger partial charge in [-0.05, 0) is 43.9 Å². The lowest BCUT2D eigenvalue weighted by Gasteiger charge is -2.41. The van der Waals surface area contributed by atoms with Crippen LogP contribution < -0.4 is 0 Å². The Morgan fingerprint density at radius 2 is 2.20 bits per heavy atom. The minimum Gasteiger partial charge on any atom is -0.294 e. The van der Waals surface area contributed by atoms with E-state index in [9.17, 15) is 0 Å². The zero-order valence-electron chi connectivity index (χ0n) is 9.95. The van der Waals surface area contributed by atoms with Crippen molar-refractivity contribution in [3.63, 3.8) is 0 Å². The molecule has 0 aliphatic carbocycles. The van der Waals surface area contributed by atoms with Crippen LogP contribution in [0.25, 0.3) is 0 Å². The van der Waals surface area contributed by atoms with Crippen molar-refractivity contribution in [2.45, 2.75) is 45.7 Å². The third-order valence-corrected chi connectivity index (χ3v) is 3.74. The third kappa shape index (κ3) is 2.05. The molecular weight excluding hydrogens is 184 g/mol. The molecule has 2 heterocycles. The molecule has 0 aromatic carbocycles. The molecule has 0 N–H and O–H groups in total. The van der Waals surface area contributed by atoms with Crippen molar-refractivity contribution < 1.29 is 0 Å². The number of pyridine rings is 1. The Kier molecular flexibility index (Phi) is 2.79. The van der Waals surface area contributed by atoms with E-state index in [1.54, 1.807) is 0 Å². The molecule has 0 amide bonds. The minimum absolute atomic E-state index is 0.320. The van der Waals surface area contributed by atoms with Gasteiger partial charge in [0.05, 0.1) is 0 Å². The predicted octanol–water partition coefficient (Wildman–Crippen LogP) is 2.63. The van der Waals surface area contributed by atoms with Crippen LogP contribution in [0.4, 0.5) is 0 Å². The normalized spacial score (nSPS) is 17.5. The zero-order valence-corrected chi connectivity index (χ0v) is 9.95. The molecule has 0 saturated heterocycles. The molecule has 1 aromatic rings. The number of aromatic nitrogens is 1. The van der Waals surface area contributed by atoms with Gasteiger partial charge in [0.2, 0.25) is 0 Å². The molecule has 0 bridgehead atoms. The molecule has 2 nitrogen and oxygen atoms in total. The molecule has 1 aliphatic heterocycles. The molecule has 2 rings (SSSR count). The van der Waals surface area contributed by atoms with E-state index in [2.05, 4.69) is 36.7 Å². The number of hydrogen-bond donors (Lipinski definition) is 0. The topological polar surface area (TPSA) is 16.1 Å². The molecule has 0 saturated carbocycles. The molecular formula is C13H20N2. The Morgan fingerprint density at radius 3 is 2.93 bits per heavy atom. The first kappa shape index (κ1) is 10.6. The van der Waals surface area contributed by atoms with E-state index in [4.69, 9.17) is 0 Å². The molecule has 0 atom stereocenters. The van der Waals surface area contributed by atoms with Crippen molar-refractivity contribution in [1.29, 1.82) is 0 Å². The van der Waals surface area contributed by atoms with Crippen LogP contribution in [0.15, 0.2) is 18.5 Å². The number of hydrogen-bond acceptors (Lipinski definition) is 2. The summed E-state index contributed by atoms with van der Waals surface area (Å²) in [5, 5.41) is 0. The van der Waals surface area contributed by atoms with Crippen LogP contribution in [0.1, 0.15) is 38.3 Å². The first-order valence-electron chi connectivity index (χ1n) is 5.80. The highest BCUT2D eigenvalue weighted by atomic mass is 15.2. The van der Waals surface area contributed by atoms with Crippen LogP contribution in [0.2, 0.25) is 0 Å². The molecule has 82 valence electrons. The average Bonchev–Trinajstić information content (AvgIpc) is 2.28. The van der Waals surface area contributed by atoms with Gasteiger partial charge in [-0.15, -0.1) is 0 Å². The van der Waals surface area contributed by atoms with Crippen molar-refractivity contribution in [2.75, 3.05) is 6.54 Å². The van der Waals surface area contributed by atoms with Gasteiger partial charge in [0.25, 0.3) is 0 Å². The maximum atomic E-state index is 4.19. The van der Waals surface area contributed by atoms with Gasteiger partial charge in [0.1, 0.15) is 0 Å². The molecule has 1 aliphatic rings. The summed E-state index contributed by atoms with van der Waals surface area (Å²) in [7, 11) is 0. The van der Waals surface area contributed by atoms with Gasteiger partial charge in [-0.25, -0.2) is 0 Å². The molecule has 1 aromatic heterocycles. The fraction of sp³-hybridized carbons (Fsp3) is 0.615. The predicted molar refractivity (Wildman–Crippen MR) is 62.7 cm³/mol. The second-order valence-electron chi connectivity index (χ2n) is 4.98. The van der Waals surface area contributed by atoms with Gasteiger partial charge < -0.3 is 0 Å². The van der Waals surface area contributed by atoms with Gasteiger partial charge in [-0.3, -0.25) is 9.88 Å². The second-order valence-corrected chi connectivity index (χ2v) is 4.98. The van der Waals surface area contributed by atoms with E-state index < -0.39 is 0 Å². The highest BCUT2D eigenvalue weighted by molar-refractivity contribution is 5.26. The molecule has 0 fully saturated rings. The van der Waals surface area contributed by atoms with Crippen molar-refractivity contribution in [3.05, 3.63) is 29.6 Å². The standard InChI is InChI=1S/C13H20N2/c1-4-13(2,3)15-8-6-11-9-14-7-5-12(11)10-15/h5,7,9H,4,6,8,10H2,1-3H3. The Balaban J connectivity index is 2.19. The molecule has 15 heavy (non-hydrogen) atoms. The summed E-state index contributed by atoms with van der Waals surface area (Å²) in [5.74, 6) is 0. The van der Waals surface area contributed by atoms with Gasteiger partial charge in [-0.2, -0.15) is 0 Å². The molecule has 2 heteroatoms. The smallest absolute Gasteiger partial charge is 0.0303 e. The summed E-state index contributed by atoms with van der Waals surface area (Å²) in [6.45, 7) is 9.18. The van der Waals surface area contributed by atoms with Crippen molar-refractivity contribution in [1.82, 2.24) is 9.88 Å². The van der Waals surface area contributed by atoms with Gasteiger partial charge in [0, 0.05) is 31.0 Å². The van der Waals surface area contributed by atoms with Crippen molar-refractivity contribution in [2.24, 2.45) is 0 Å². The van der Waals surface area contributed by atoms with Crippen LogP contribution >= 0.6 is 0 Å². The summed E-state index contributed by atoms with van der Waals surface area (Å²) >= 11 is 0. The van der Waals surface area contributed by atoms with Crippen LogP contribution in [0.5, 0.6) is 0 Å². The van der Waals surface area contributed by atoms with Crippen LogP contribution in [-0.4, -0.2) is 22.0 Å². The summed E-state index contributed by atoms with van der Waals surface area (Å²) < 4.78 is 0. The Bertz CT molecular complexity index is 344. The summed E-state index contributed by atoms with van der Waals surface area (Å²) in [6, 6.07) is 2.16. The number of nitrogens with zero attached hydrogens (tertiary/aromatic N) is 2. The maximum absolute atomic E-state index is 4.19. The van der Waals surface area contributed by atoms with E-state index in [1.165, 1.54) is 24.1 Å². The molecule has 0 radical (unpaired) electrons. The molecule has 0 spiro atoms. The highest BCUT2D eigenvalue weighted by Gasteiger charge is 2.27. The van der Waals surface area contributed by atoms with Crippen molar-refractivity contribution in [3.8, 4) is 0 Å². The highest BCUT2D eigenvalue weighted by Crippen LogP contribution is 2.26. The summed E-state index contributed by atoms with van der Waals surface area (Å²) in [6.07, 6.45) is 6.27. The first-order chi connectivity index (χ1) is 7.13. The fourth-order valence-electron chi connectivity index (χ4n) is 2.12. The Morgan fingerprint density at radius 1 is 1.40 bits per heavy atom. The fourth-order valence-corrected chi connectivity index (χ4v) is 2.12. The zero-order chi connectivity index (χ0) is 10.9. The third-order valence-electron chi connectivity index (χ3n) is 3.74. The van der Waals surface area contributed by atoms with E-state index in [1.807, 2.05) is 12.4 Å². The SMILES string of the molecule is CCC(C)(C)N1CCc2cnccc2C1. The van der Waals surface area contributed by atoms with Crippen LogP contribution in [0, 0.1) is 0 Å². The number of rotatable bonds is 2. The van der Waals surface area contributed by atoms with E-state index in [0.717, 1.165) is 13.0 Å². The largest absolute Gasteiger partial charge is 0.294 e. The first-order valence-corrected chi connectivity index (χ1v) is 5.80. The average molecular weight is 204 g/mol. The van der Waals surface area contributed by atoms with Gasteiger partial charge in [0.15, 0.2) is 0 Å². The van der Waals surface area contributed by atoms with Gasteiger partial charge in [-0.1, -0.05) is 6.92 Å². The second kappa shape index (κ2) is 3.93. The quantitative estimate of drug-likeness (QED) is 0.736. The lowest BCUT2D eigenvalue weighted by atomic mass is 9.93. The van der Waals surface area contributed by atoms with E-state index in [0.29, 0.717) is 5.54 Å². The minimum atomic E-state index is 0.320. The Hall–Kier alpha value is -0.890. The van der Waals surface area contributed by atoms with Crippen molar-refractivity contribution >= 4 is 0 Å². The number of fused-ring (bicyclic) bond motifs is 1. The van der Waals surface area contributed by atoms with Crippen LogP contribution in [0.3, 0.4) is 0 Å². The lowest BCUT2D eigenvalue weighted by molar-refractivity contribution is 0.100. The van der Waals surface area contributed by atoms with Gasteiger partial charge >= 0.3 is 0 Å². The monoisotopic (exact) mass is 204 g/mol. The summed E-state index contributed by atoms with van der Waals surface area (Å²) in [4.78, 5) is 6.77. The Labute approximate surface area is 92.3 Å². The maximum Gasteiger partial charge on any atom is 0.0303 e. The summed E-state index contributed by atoms with van der Waals surface area (Å²) in [5.41, 5.74) is 3.21. The molecule has 0 unspecified atom stereocenters.